The SMILES string of the molecule is NNC(c1nc2ccccc2cc1Br)C1CCOCC1. The van der Waals surface area contributed by atoms with Gasteiger partial charge in [0.2, 0.25) is 0 Å². The number of rotatable bonds is 3. The van der Waals surface area contributed by atoms with E-state index >= 15 is 0 Å². The molecule has 1 unspecified atom stereocenters. The molecule has 1 atom stereocenters. The molecule has 0 saturated carbocycles. The molecule has 5 heteroatoms. The van der Waals surface area contributed by atoms with Crippen molar-refractivity contribution in [2.24, 2.45) is 11.8 Å². The number of pyridine rings is 1. The standard InChI is InChI=1S/C15H18BrN3O/c16-12-9-11-3-1-2-4-13(11)18-15(12)14(19-17)10-5-7-20-8-6-10/h1-4,9-10,14,19H,5-8,17H2. The number of para-hydroxylation sites is 1. The molecule has 0 amide bonds. The van der Waals surface area contributed by atoms with E-state index in [0.29, 0.717) is 5.92 Å². The highest BCUT2D eigenvalue weighted by Crippen LogP contribution is 2.33. The highest BCUT2D eigenvalue weighted by Gasteiger charge is 2.27. The van der Waals surface area contributed by atoms with Gasteiger partial charge >= 0.3 is 0 Å². The van der Waals surface area contributed by atoms with Crippen LogP contribution in [0.4, 0.5) is 0 Å². The number of hydrogen-bond donors (Lipinski definition) is 2. The number of fused-ring (bicyclic) bond motifs is 1. The lowest BCUT2D eigenvalue weighted by Gasteiger charge is -2.30. The molecule has 0 bridgehead atoms. The zero-order valence-electron chi connectivity index (χ0n) is 11.2. The highest BCUT2D eigenvalue weighted by molar-refractivity contribution is 9.10. The van der Waals surface area contributed by atoms with Crippen molar-refractivity contribution in [1.82, 2.24) is 10.4 Å². The van der Waals surface area contributed by atoms with Gasteiger partial charge in [-0.3, -0.25) is 11.3 Å². The molecule has 106 valence electrons. The molecule has 1 fully saturated rings. The Morgan fingerprint density at radius 2 is 2.05 bits per heavy atom. The molecule has 0 aliphatic carbocycles. The predicted octanol–water partition coefficient (Wildman–Crippen LogP) is 2.93. The minimum atomic E-state index is 0.0536. The summed E-state index contributed by atoms with van der Waals surface area (Å²) in [4.78, 5) is 4.79. The Hall–Kier alpha value is -1.01. The van der Waals surface area contributed by atoms with Gasteiger partial charge in [-0.15, -0.1) is 0 Å². The second-order valence-corrected chi connectivity index (χ2v) is 6.00. The number of halogens is 1. The average molecular weight is 336 g/mol. The third kappa shape index (κ3) is 2.72. The molecule has 0 radical (unpaired) electrons. The van der Waals surface area contributed by atoms with Crippen molar-refractivity contribution in [2.75, 3.05) is 13.2 Å². The van der Waals surface area contributed by atoms with Crippen molar-refractivity contribution in [2.45, 2.75) is 18.9 Å². The first-order valence-corrected chi connectivity index (χ1v) is 7.68. The smallest absolute Gasteiger partial charge is 0.0739 e. The van der Waals surface area contributed by atoms with Crippen molar-refractivity contribution >= 4 is 26.8 Å². The van der Waals surface area contributed by atoms with Gasteiger partial charge < -0.3 is 4.74 Å². The van der Waals surface area contributed by atoms with Crippen molar-refractivity contribution < 1.29 is 4.74 Å². The summed E-state index contributed by atoms with van der Waals surface area (Å²) in [5, 5.41) is 1.13. The Morgan fingerprint density at radius 3 is 2.80 bits per heavy atom. The third-order valence-electron chi connectivity index (χ3n) is 3.92. The Bertz CT molecular complexity index is 599. The molecule has 0 spiro atoms. The first-order chi connectivity index (χ1) is 9.79. The van der Waals surface area contributed by atoms with E-state index < -0.39 is 0 Å². The van der Waals surface area contributed by atoms with Gasteiger partial charge in [-0.05, 0) is 46.8 Å². The van der Waals surface area contributed by atoms with E-state index in [2.05, 4.69) is 33.5 Å². The largest absolute Gasteiger partial charge is 0.381 e. The molecule has 2 heterocycles. The highest BCUT2D eigenvalue weighted by atomic mass is 79.9. The quantitative estimate of drug-likeness (QED) is 0.668. The van der Waals surface area contributed by atoms with Crippen molar-refractivity contribution in [3.05, 3.63) is 40.5 Å². The molecule has 20 heavy (non-hydrogen) atoms. The van der Waals surface area contributed by atoms with Crippen LogP contribution < -0.4 is 11.3 Å². The number of nitrogens with two attached hydrogens (primary N) is 1. The molecule has 4 nitrogen and oxygen atoms in total. The fourth-order valence-electron chi connectivity index (χ4n) is 2.81. The Labute approximate surface area is 126 Å². The van der Waals surface area contributed by atoms with Crippen LogP contribution in [0.15, 0.2) is 34.8 Å². The molecule has 1 saturated heterocycles. The summed E-state index contributed by atoms with van der Waals surface area (Å²) < 4.78 is 6.44. The van der Waals surface area contributed by atoms with Gasteiger partial charge in [0.1, 0.15) is 0 Å². The van der Waals surface area contributed by atoms with Crippen LogP contribution in [-0.4, -0.2) is 18.2 Å². The van der Waals surface area contributed by atoms with E-state index in [1.54, 1.807) is 0 Å². The van der Waals surface area contributed by atoms with E-state index in [1.807, 2.05) is 18.2 Å². The number of nitrogens with one attached hydrogen (secondary N) is 1. The van der Waals surface area contributed by atoms with Crippen molar-refractivity contribution in [3.63, 3.8) is 0 Å². The second kappa shape index (κ2) is 6.18. The van der Waals surface area contributed by atoms with Gasteiger partial charge in [0.15, 0.2) is 0 Å². The minimum absolute atomic E-state index is 0.0536. The van der Waals surface area contributed by atoms with E-state index in [-0.39, 0.29) is 6.04 Å². The van der Waals surface area contributed by atoms with Gasteiger partial charge in [-0.2, -0.15) is 0 Å². The number of hydrogen-bond acceptors (Lipinski definition) is 4. The van der Waals surface area contributed by atoms with Crippen LogP contribution in [0.1, 0.15) is 24.6 Å². The lowest BCUT2D eigenvalue weighted by molar-refractivity contribution is 0.0530. The van der Waals surface area contributed by atoms with Gasteiger partial charge in [0.05, 0.1) is 17.3 Å². The maximum absolute atomic E-state index is 5.80. The predicted molar refractivity (Wildman–Crippen MR) is 83.1 cm³/mol. The summed E-state index contributed by atoms with van der Waals surface area (Å²) in [6.07, 6.45) is 2.02. The lowest BCUT2D eigenvalue weighted by Crippen LogP contribution is -2.37. The van der Waals surface area contributed by atoms with E-state index in [4.69, 9.17) is 15.6 Å². The fraction of sp³-hybridized carbons (Fsp3) is 0.400. The van der Waals surface area contributed by atoms with Gasteiger partial charge in [0, 0.05) is 23.1 Å². The third-order valence-corrected chi connectivity index (χ3v) is 4.55. The molecule has 1 aliphatic rings. The number of aromatic nitrogens is 1. The lowest BCUT2D eigenvalue weighted by atomic mass is 9.89. The summed E-state index contributed by atoms with van der Waals surface area (Å²) in [5.74, 6) is 6.25. The van der Waals surface area contributed by atoms with Crippen LogP contribution in [0.25, 0.3) is 10.9 Å². The molecule has 2 aromatic rings. The number of nitrogens with zero attached hydrogens (tertiary/aromatic N) is 1. The second-order valence-electron chi connectivity index (χ2n) is 5.14. The van der Waals surface area contributed by atoms with Crippen molar-refractivity contribution in [3.8, 4) is 0 Å². The first-order valence-electron chi connectivity index (χ1n) is 6.88. The number of ether oxygens (including phenoxy) is 1. The Morgan fingerprint density at radius 1 is 1.30 bits per heavy atom. The Balaban J connectivity index is 1.99. The van der Waals surface area contributed by atoms with E-state index in [0.717, 1.165) is 47.1 Å². The van der Waals surface area contributed by atoms with Crippen LogP contribution in [0, 0.1) is 5.92 Å². The molecule has 1 aromatic heterocycles. The van der Waals surface area contributed by atoms with E-state index in [9.17, 15) is 0 Å². The molecule has 1 aliphatic heterocycles. The molecular formula is C15H18BrN3O. The summed E-state index contributed by atoms with van der Waals surface area (Å²) in [6, 6.07) is 10.3. The summed E-state index contributed by atoms with van der Waals surface area (Å²) in [6.45, 7) is 1.60. The fourth-order valence-corrected chi connectivity index (χ4v) is 3.39. The van der Waals surface area contributed by atoms with Crippen LogP contribution in [0.2, 0.25) is 0 Å². The summed E-state index contributed by atoms with van der Waals surface area (Å²) >= 11 is 3.64. The van der Waals surface area contributed by atoms with Crippen LogP contribution >= 0.6 is 15.9 Å². The number of benzene rings is 1. The monoisotopic (exact) mass is 335 g/mol. The molecule has 1 aromatic carbocycles. The zero-order valence-corrected chi connectivity index (χ0v) is 12.8. The molecular weight excluding hydrogens is 318 g/mol. The van der Waals surface area contributed by atoms with Crippen molar-refractivity contribution in [1.29, 1.82) is 0 Å². The van der Waals surface area contributed by atoms with Crippen LogP contribution in [0.5, 0.6) is 0 Å². The van der Waals surface area contributed by atoms with Crippen LogP contribution in [0.3, 0.4) is 0 Å². The molecule has 3 rings (SSSR count). The van der Waals surface area contributed by atoms with Gasteiger partial charge in [-0.25, -0.2) is 4.98 Å². The maximum Gasteiger partial charge on any atom is 0.0739 e. The zero-order chi connectivity index (χ0) is 13.9. The summed E-state index contributed by atoms with van der Waals surface area (Å²) in [5.41, 5.74) is 4.93. The first kappa shape index (κ1) is 13.9. The normalized spacial score (nSPS) is 18.3. The van der Waals surface area contributed by atoms with Gasteiger partial charge in [-0.1, -0.05) is 18.2 Å². The minimum Gasteiger partial charge on any atom is -0.381 e. The average Bonchev–Trinajstić information content (AvgIpc) is 2.49. The molecule has 3 N–H and O–H groups in total. The summed E-state index contributed by atoms with van der Waals surface area (Å²) in [7, 11) is 0. The van der Waals surface area contributed by atoms with E-state index in [1.165, 1.54) is 0 Å². The number of hydrazine groups is 1. The van der Waals surface area contributed by atoms with Gasteiger partial charge in [0.25, 0.3) is 0 Å². The van der Waals surface area contributed by atoms with Crippen LogP contribution in [-0.2, 0) is 4.74 Å². The topological polar surface area (TPSA) is 60.2 Å². The Kier molecular flexibility index (Phi) is 4.31. The maximum atomic E-state index is 5.80.